The molecule has 0 spiro atoms. The van der Waals surface area contributed by atoms with E-state index in [-0.39, 0.29) is 17.0 Å². The second-order valence-electron chi connectivity index (χ2n) is 4.69. The van der Waals surface area contributed by atoms with Crippen LogP contribution < -0.4 is 0 Å². The van der Waals surface area contributed by atoms with E-state index >= 15 is 0 Å². The van der Waals surface area contributed by atoms with Crippen molar-refractivity contribution >= 4 is 40.9 Å². The van der Waals surface area contributed by atoms with E-state index in [1.165, 1.54) is 0 Å². The molecule has 1 rings (SSSR count). The summed E-state index contributed by atoms with van der Waals surface area (Å²) in [7, 11) is 1.06. The van der Waals surface area contributed by atoms with E-state index in [0.717, 1.165) is 27.9 Å². The van der Waals surface area contributed by atoms with Gasteiger partial charge in [-0.15, -0.1) is 17.0 Å². The average Bonchev–Trinajstić information content (AvgIpc) is 2.43. The van der Waals surface area contributed by atoms with Gasteiger partial charge >= 0.3 is 23.9 Å². The topological polar surface area (TPSA) is 135 Å². The van der Waals surface area contributed by atoms with Crippen LogP contribution in [-0.4, -0.2) is 66.8 Å². The molecule has 0 aromatic carbocycles. The number of carbonyl (C=O) groups excluding carboxylic acids is 4. The Morgan fingerprint density at radius 3 is 1.67 bits per heavy atom. The summed E-state index contributed by atoms with van der Waals surface area (Å²) < 4.78 is 24.3. The van der Waals surface area contributed by atoms with E-state index in [2.05, 4.69) is 4.74 Å². The van der Waals surface area contributed by atoms with Gasteiger partial charge in [0, 0.05) is 20.8 Å². The normalized spacial score (nSPS) is 28.8. The lowest BCUT2D eigenvalue weighted by Gasteiger charge is -2.41. The predicted octanol–water partition coefficient (Wildman–Crippen LogP) is -0.750. The van der Waals surface area contributed by atoms with E-state index < -0.39 is 54.6 Å². The number of rotatable bonds is 4. The molecule has 0 aromatic rings. The summed E-state index contributed by atoms with van der Waals surface area (Å²) in [4.78, 5) is 45.5. The van der Waals surface area contributed by atoms with Gasteiger partial charge in [0.05, 0.1) is 7.11 Å². The van der Waals surface area contributed by atoms with Crippen molar-refractivity contribution in [1.82, 2.24) is 0 Å². The molecule has 138 valence electrons. The zero-order valence-electron chi connectivity index (χ0n) is 13.4. The van der Waals surface area contributed by atoms with Crippen LogP contribution in [0.4, 0.5) is 0 Å². The van der Waals surface area contributed by atoms with Crippen molar-refractivity contribution < 1.29 is 48.0 Å². The minimum absolute atomic E-state index is 0. The van der Waals surface area contributed by atoms with Gasteiger partial charge in [0.1, 0.15) is 0 Å². The number of aliphatic hydroxyl groups is 1. The number of hydrogen-bond acceptors (Lipinski definition) is 10. The largest absolute Gasteiger partial charge is 0.467 e. The Morgan fingerprint density at radius 2 is 1.25 bits per heavy atom. The Hall–Kier alpha value is -1.72. The summed E-state index contributed by atoms with van der Waals surface area (Å²) >= 11 is 0. The summed E-state index contributed by atoms with van der Waals surface area (Å²) in [5.41, 5.74) is 0. The van der Waals surface area contributed by atoms with Crippen molar-refractivity contribution in [3.05, 3.63) is 0 Å². The van der Waals surface area contributed by atoms with Gasteiger partial charge in [0.25, 0.3) is 0 Å². The van der Waals surface area contributed by atoms with Crippen LogP contribution in [0.2, 0.25) is 0 Å². The van der Waals surface area contributed by atoms with Crippen LogP contribution in [0.3, 0.4) is 0 Å². The van der Waals surface area contributed by atoms with Crippen LogP contribution in [0.25, 0.3) is 0 Å². The first-order valence-corrected chi connectivity index (χ1v) is 6.60. The maximum atomic E-state index is 11.8. The van der Waals surface area contributed by atoms with Crippen molar-refractivity contribution in [1.29, 1.82) is 0 Å². The van der Waals surface area contributed by atoms with E-state index in [0.29, 0.717) is 0 Å². The minimum Gasteiger partial charge on any atom is -0.467 e. The highest BCUT2D eigenvalue weighted by molar-refractivity contribution is 8.93. The highest BCUT2D eigenvalue weighted by Crippen LogP contribution is 2.28. The summed E-state index contributed by atoms with van der Waals surface area (Å²) in [5, 5.41) is 9.93. The molecular weight excluding hydrogens is 396 g/mol. The molecule has 0 aliphatic carbocycles. The Morgan fingerprint density at radius 1 is 0.833 bits per heavy atom. The lowest BCUT2D eigenvalue weighted by molar-refractivity contribution is -0.289. The van der Waals surface area contributed by atoms with Gasteiger partial charge in [-0.3, -0.25) is 14.4 Å². The van der Waals surface area contributed by atoms with Crippen molar-refractivity contribution in [3.8, 4) is 0 Å². The van der Waals surface area contributed by atoms with Crippen molar-refractivity contribution in [2.45, 2.75) is 51.5 Å². The molecule has 1 fully saturated rings. The zero-order chi connectivity index (χ0) is 17.7. The summed E-state index contributed by atoms with van der Waals surface area (Å²) in [6.45, 7) is 3.18. The van der Waals surface area contributed by atoms with Crippen molar-refractivity contribution in [3.63, 3.8) is 0 Å². The number of halogens is 1. The fourth-order valence-electron chi connectivity index (χ4n) is 2.10. The highest BCUT2D eigenvalue weighted by Gasteiger charge is 2.54. The van der Waals surface area contributed by atoms with E-state index in [1.54, 1.807) is 0 Å². The average molecular weight is 415 g/mol. The lowest BCUT2D eigenvalue weighted by Crippen LogP contribution is -2.63. The van der Waals surface area contributed by atoms with Gasteiger partial charge in [0.15, 0.2) is 30.7 Å². The molecule has 1 heterocycles. The monoisotopic (exact) mass is 414 g/mol. The number of esters is 4. The molecule has 0 unspecified atom stereocenters. The SMILES string of the molecule is Br.COC(=O)[C@H]1O[C@H](O)[C@H](OC(C)=O)[C@@H](OC(C)=O)[C@@H]1OC(C)=O. The van der Waals surface area contributed by atoms with Gasteiger partial charge in [-0.25, -0.2) is 4.79 Å². The molecule has 1 aliphatic heterocycles. The molecule has 11 heteroatoms. The molecule has 1 N–H and O–H groups in total. The van der Waals surface area contributed by atoms with Crippen molar-refractivity contribution in [2.24, 2.45) is 0 Å². The summed E-state index contributed by atoms with van der Waals surface area (Å²) in [5.74, 6) is -3.37. The second kappa shape index (κ2) is 9.55. The van der Waals surface area contributed by atoms with Crippen LogP contribution in [0.5, 0.6) is 0 Å². The molecule has 0 bridgehead atoms. The van der Waals surface area contributed by atoms with Gasteiger partial charge in [-0.2, -0.15) is 0 Å². The van der Waals surface area contributed by atoms with Gasteiger partial charge in [0.2, 0.25) is 0 Å². The molecule has 0 amide bonds. The summed E-state index contributed by atoms with van der Waals surface area (Å²) in [6.07, 6.45) is -7.75. The smallest absolute Gasteiger partial charge is 0.339 e. The number of hydrogen-bond donors (Lipinski definition) is 1. The molecule has 1 saturated heterocycles. The molecule has 0 aromatic heterocycles. The second-order valence-corrected chi connectivity index (χ2v) is 4.69. The Balaban J connectivity index is 0.00000529. The van der Waals surface area contributed by atoms with Gasteiger partial charge < -0.3 is 28.8 Å². The molecule has 0 saturated carbocycles. The van der Waals surface area contributed by atoms with Crippen molar-refractivity contribution in [2.75, 3.05) is 7.11 Å². The standard InChI is InChI=1S/C13H18O10.BrH/c1-5(14)20-8-9(21-6(2)15)11(22-7(3)16)13(18)23-10(8)12(17)19-4;/h8-11,13,18H,1-4H3;1H/t8-,9-,10-,11+,13-;/m0./s1. The van der Waals surface area contributed by atoms with E-state index in [1.807, 2.05) is 0 Å². The molecule has 5 atom stereocenters. The molecular formula is C13H19BrO10. The maximum absolute atomic E-state index is 11.8. The molecule has 1 aliphatic rings. The van der Waals surface area contributed by atoms with E-state index in [4.69, 9.17) is 18.9 Å². The lowest BCUT2D eigenvalue weighted by atomic mass is 9.98. The fourth-order valence-corrected chi connectivity index (χ4v) is 2.10. The first-order chi connectivity index (χ1) is 10.7. The summed E-state index contributed by atoms with van der Waals surface area (Å²) in [6, 6.07) is 0. The predicted molar refractivity (Wildman–Crippen MR) is 79.9 cm³/mol. The molecule has 10 nitrogen and oxygen atoms in total. The maximum Gasteiger partial charge on any atom is 0.339 e. The third kappa shape index (κ3) is 5.73. The van der Waals surface area contributed by atoms with Crippen LogP contribution in [-0.2, 0) is 42.9 Å². The molecule has 0 radical (unpaired) electrons. The van der Waals surface area contributed by atoms with Crippen LogP contribution in [0, 0.1) is 0 Å². The van der Waals surface area contributed by atoms with Gasteiger partial charge in [-0.05, 0) is 0 Å². The zero-order valence-corrected chi connectivity index (χ0v) is 15.1. The first-order valence-electron chi connectivity index (χ1n) is 6.60. The van der Waals surface area contributed by atoms with Crippen LogP contribution in [0.15, 0.2) is 0 Å². The fraction of sp³-hybridized carbons (Fsp3) is 0.692. The van der Waals surface area contributed by atoms with E-state index in [9.17, 15) is 24.3 Å². The first kappa shape index (κ1) is 22.3. The quantitative estimate of drug-likeness (QED) is 0.462. The third-order valence-electron chi connectivity index (χ3n) is 2.85. The molecule has 24 heavy (non-hydrogen) atoms. The highest BCUT2D eigenvalue weighted by atomic mass is 79.9. The minimum atomic E-state index is -1.79. The Kier molecular flexibility index (Phi) is 8.86. The third-order valence-corrected chi connectivity index (χ3v) is 2.85. The Bertz CT molecular complexity index is 493. The van der Waals surface area contributed by atoms with Gasteiger partial charge in [-0.1, -0.05) is 0 Å². The Labute approximate surface area is 148 Å². The number of methoxy groups -OCH3 is 1. The van der Waals surface area contributed by atoms with Crippen LogP contribution in [0.1, 0.15) is 20.8 Å². The number of carbonyl (C=O) groups is 4. The number of ether oxygens (including phenoxy) is 5. The number of aliphatic hydroxyl groups excluding tert-OH is 1. The van der Waals surface area contributed by atoms with Crippen LogP contribution >= 0.6 is 17.0 Å².